The van der Waals surface area contributed by atoms with E-state index in [2.05, 4.69) is 9.73 Å². The fourth-order valence-electron chi connectivity index (χ4n) is 3.09. The first-order valence-electron chi connectivity index (χ1n) is 8.82. The van der Waals surface area contributed by atoms with E-state index in [4.69, 9.17) is 16.0 Å². The van der Waals surface area contributed by atoms with Crippen molar-refractivity contribution < 1.29 is 19.1 Å². The Labute approximate surface area is 171 Å². The number of rotatable bonds is 5. The Balaban J connectivity index is 1.67. The number of aromatic nitrogens is 1. The molecule has 0 aliphatic rings. The van der Waals surface area contributed by atoms with E-state index < -0.39 is 5.97 Å². The summed E-state index contributed by atoms with van der Waals surface area (Å²) in [5.41, 5.74) is 2.31. The number of ether oxygens (including phenoxy) is 1. The molecule has 0 spiro atoms. The minimum atomic E-state index is -0.510. The highest BCUT2D eigenvalue weighted by atomic mass is 35.5. The predicted octanol–water partition coefficient (Wildman–Crippen LogP) is 5.18. The molecular weight excluding hydrogens is 392 g/mol. The average molecular weight is 409 g/mol. The lowest BCUT2D eigenvalue weighted by atomic mass is 10.2. The summed E-state index contributed by atoms with van der Waals surface area (Å²) in [6, 6.07) is 16.0. The van der Waals surface area contributed by atoms with E-state index in [9.17, 15) is 9.90 Å². The quantitative estimate of drug-likeness (QED) is 0.364. The van der Waals surface area contributed by atoms with Gasteiger partial charge in [-0.3, -0.25) is 4.99 Å². The molecule has 0 unspecified atom stereocenters. The van der Waals surface area contributed by atoms with Crippen molar-refractivity contribution in [3.8, 4) is 5.75 Å². The zero-order valence-corrected chi connectivity index (χ0v) is 16.3. The number of aliphatic imine (C=N–C) groups is 1. The van der Waals surface area contributed by atoms with Gasteiger partial charge in [0, 0.05) is 40.0 Å². The van der Waals surface area contributed by atoms with Crippen LogP contribution in [-0.2, 0) is 11.3 Å². The minimum Gasteiger partial charge on any atom is -0.506 e. The van der Waals surface area contributed by atoms with E-state index in [1.807, 2.05) is 35.0 Å². The highest BCUT2D eigenvalue weighted by molar-refractivity contribution is 6.30. The van der Waals surface area contributed by atoms with Gasteiger partial charge in [-0.2, -0.15) is 0 Å². The molecule has 2 aromatic heterocycles. The number of phenolic OH excluding ortho intramolecular Hbond substituents is 1. The van der Waals surface area contributed by atoms with E-state index in [0.717, 1.165) is 16.5 Å². The molecule has 1 N–H and O–H groups in total. The summed E-state index contributed by atoms with van der Waals surface area (Å²) in [5.74, 6) is 0.302. The van der Waals surface area contributed by atoms with Crippen LogP contribution in [0.5, 0.6) is 5.75 Å². The molecule has 4 rings (SSSR count). The summed E-state index contributed by atoms with van der Waals surface area (Å²) in [5, 5.41) is 11.4. The summed E-state index contributed by atoms with van der Waals surface area (Å²) in [6.07, 6.45) is 3.64. The maximum absolute atomic E-state index is 11.6. The highest BCUT2D eigenvalue weighted by Crippen LogP contribution is 2.30. The van der Waals surface area contributed by atoms with Crippen LogP contribution in [0.3, 0.4) is 0 Å². The van der Waals surface area contributed by atoms with Crippen LogP contribution in [0.4, 0.5) is 5.69 Å². The first-order chi connectivity index (χ1) is 14.0. The van der Waals surface area contributed by atoms with Crippen LogP contribution in [0, 0.1) is 0 Å². The number of para-hydroxylation sites is 1. The number of aromatic hydroxyl groups is 1. The van der Waals surface area contributed by atoms with Gasteiger partial charge in [0.15, 0.2) is 0 Å². The number of hydrogen-bond donors (Lipinski definition) is 1. The standard InChI is InChI=1S/C22H17ClN2O4/c1-28-22(27)21-9-7-16(29-21)13-25-12-14(17-4-2-3-5-19(17)25)11-24-18-8-6-15(23)10-20(18)26/h2-12,26H,13H2,1H3. The molecule has 7 heteroatoms. The largest absolute Gasteiger partial charge is 0.506 e. The van der Waals surface area contributed by atoms with Crippen molar-refractivity contribution >= 4 is 40.4 Å². The lowest BCUT2D eigenvalue weighted by Crippen LogP contribution is -1.99. The van der Waals surface area contributed by atoms with Crippen LogP contribution in [0.25, 0.3) is 10.9 Å². The number of benzene rings is 2. The van der Waals surface area contributed by atoms with Crippen molar-refractivity contribution in [2.24, 2.45) is 4.99 Å². The fraction of sp³-hybridized carbons (Fsp3) is 0.0909. The van der Waals surface area contributed by atoms with Gasteiger partial charge in [0.2, 0.25) is 5.76 Å². The molecule has 29 heavy (non-hydrogen) atoms. The van der Waals surface area contributed by atoms with E-state index in [0.29, 0.717) is 23.0 Å². The highest BCUT2D eigenvalue weighted by Gasteiger charge is 2.13. The zero-order chi connectivity index (χ0) is 20.4. The SMILES string of the molecule is COC(=O)c1ccc(Cn2cc(C=Nc3ccc(Cl)cc3O)c3ccccc32)o1. The van der Waals surface area contributed by atoms with Crippen LogP contribution in [0.1, 0.15) is 21.9 Å². The number of nitrogens with zero attached hydrogens (tertiary/aromatic N) is 2. The normalized spacial score (nSPS) is 11.4. The summed E-state index contributed by atoms with van der Waals surface area (Å²) in [6.45, 7) is 0.442. The molecule has 6 nitrogen and oxygen atoms in total. The number of halogens is 1. The molecule has 0 fully saturated rings. The number of carbonyl (C=O) groups excluding carboxylic acids is 1. The third kappa shape index (κ3) is 3.88. The second-order valence-electron chi connectivity index (χ2n) is 6.38. The second-order valence-corrected chi connectivity index (χ2v) is 6.81. The van der Waals surface area contributed by atoms with Crippen molar-refractivity contribution in [2.75, 3.05) is 7.11 Å². The summed E-state index contributed by atoms with van der Waals surface area (Å²) >= 11 is 5.87. The molecule has 4 aromatic rings. The van der Waals surface area contributed by atoms with Crippen LogP contribution in [0.2, 0.25) is 5.02 Å². The minimum absolute atomic E-state index is 0.0170. The second kappa shape index (κ2) is 7.85. The van der Waals surface area contributed by atoms with Gasteiger partial charge in [0.1, 0.15) is 17.2 Å². The molecular formula is C22H17ClN2O4. The smallest absolute Gasteiger partial charge is 0.373 e. The number of fused-ring (bicyclic) bond motifs is 1. The zero-order valence-electron chi connectivity index (χ0n) is 15.5. The van der Waals surface area contributed by atoms with Crippen molar-refractivity contribution in [2.45, 2.75) is 6.54 Å². The maximum atomic E-state index is 11.6. The van der Waals surface area contributed by atoms with Crippen LogP contribution >= 0.6 is 11.6 Å². The van der Waals surface area contributed by atoms with Gasteiger partial charge in [0.25, 0.3) is 0 Å². The van der Waals surface area contributed by atoms with Crippen LogP contribution in [-0.4, -0.2) is 29.0 Å². The number of furan rings is 1. The molecule has 0 aliphatic carbocycles. The third-order valence-corrected chi connectivity index (χ3v) is 4.71. The topological polar surface area (TPSA) is 77.0 Å². The molecule has 2 heterocycles. The Hall–Kier alpha value is -3.51. The van der Waals surface area contributed by atoms with E-state index in [1.54, 1.807) is 30.5 Å². The van der Waals surface area contributed by atoms with Crippen LogP contribution in [0.15, 0.2) is 70.2 Å². The Bertz CT molecular complexity index is 1220. The Kier molecular flexibility index (Phi) is 5.10. The fourth-order valence-corrected chi connectivity index (χ4v) is 3.26. The maximum Gasteiger partial charge on any atom is 0.373 e. The molecule has 0 radical (unpaired) electrons. The molecule has 0 bridgehead atoms. The molecule has 0 aliphatic heterocycles. The summed E-state index contributed by atoms with van der Waals surface area (Å²) in [7, 11) is 1.31. The lowest BCUT2D eigenvalue weighted by molar-refractivity contribution is 0.0563. The number of carbonyl (C=O) groups is 1. The van der Waals surface area contributed by atoms with Gasteiger partial charge in [-0.15, -0.1) is 0 Å². The predicted molar refractivity (Wildman–Crippen MR) is 111 cm³/mol. The summed E-state index contributed by atoms with van der Waals surface area (Å²) in [4.78, 5) is 16.0. The molecule has 2 aromatic carbocycles. The monoisotopic (exact) mass is 408 g/mol. The van der Waals surface area contributed by atoms with Gasteiger partial charge in [0.05, 0.1) is 13.7 Å². The molecule has 0 saturated heterocycles. The first-order valence-corrected chi connectivity index (χ1v) is 9.20. The van der Waals surface area contributed by atoms with Crippen molar-refractivity contribution in [1.29, 1.82) is 0 Å². The number of methoxy groups -OCH3 is 1. The molecule has 0 saturated carbocycles. The molecule has 146 valence electrons. The Morgan fingerprint density at radius 2 is 2.07 bits per heavy atom. The van der Waals surface area contributed by atoms with Gasteiger partial charge in [-0.1, -0.05) is 29.8 Å². The van der Waals surface area contributed by atoms with Gasteiger partial charge >= 0.3 is 5.97 Å². The first kappa shape index (κ1) is 18.8. The molecule has 0 amide bonds. The Morgan fingerprint density at radius 3 is 2.86 bits per heavy atom. The number of phenols is 1. The van der Waals surface area contributed by atoms with E-state index in [-0.39, 0.29) is 11.5 Å². The third-order valence-electron chi connectivity index (χ3n) is 4.47. The number of hydrogen-bond acceptors (Lipinski definition) is 5. The van der Waals surface area contributed by atoms with E-state index in [1.165, 1.54) is 13.2 Å². The van der Waals surface area contributed by atoms with Crippen molar-refractivity contribution in [3.05, 3.63) is 82.9 Å². The number of esters is 1. The Morgan fingerprint density at radius 1 is 1.24 bits per heavy atom. The van der Waals surface area contributed by atoms with Crippen LogP contribution < -0.4 is 0 Å². The summed E-state index contributed by atoms with van der Waals surface area (Å²) < 4.78 is 12.3. The average Bonchev–Trinajstić information content (AvgIpc) is 3.32. The lowest BCUT2D eigenvalue weighted by Gasteiger charge is -2.02. The van der Waals surface area contributed by atoms with Crippen molar-refractivity contribution in [3.63, 3.8) is 0 Å². The van der Waals surface area contributed by atoms with E-state index >= 15 is 0 Å². The van der Waals surface area contributed by atoms with Crippen molar-refractivity contribution in [1.82, 2.24) is 4.57 Å². The van der Waals surface area contributed by atoms with Gasteiger partial charge < -0.3 is 18.8 Å². The molecule has 0 atom stereocenters. The van der Waals surface area contributed by atoms with Gasteiger partial charge in [-0.25, -0.2) is 4.79 Å². The van der Waals surface area contributed by atoms with Gasteiger partial charge in [-0.05, 0) is 30.3 Å².